The van der Waals surface area contributed by atoms with Crippen LogP contribution in [0.4, 0.5) is 5.82 Å². The lowest BCUT2D eigenvalue weighted by atomic mass is 9.94. The number of carbonyl (C=O) groups excluding carboxylic acids is 1. The van der Waals surface area contributed by atoms with Crippen LogP contribution in [-0.4, -0.2) is 29.0 Å². The number of primary amides is 1. The molecule has 0 spiro atoms. The summed E-state index contributed by atoms with van der Waals surface area (Å²) in [5.74, 6) is 0.438. The lowest BCUT2D eigenvalue weighted by Crippen LogP contribution is -2.34. The normalized spacial score (nSPS) is 16.8. The van der Waals surface area contributed by atoms with Crippen LogP contribution in [-0.2, 0) is 4.79 Å². The third-order valence-electron chi connectivity index (χ3n) is 3.39. The molecule has 1 aliphatic rings. The lowest BCUT2D eigenvalue weighted by Gasteiger charge is -2.31. The van der Waals surface area contributed by atoms with E-state index in [9.17, 15) is 4.79 Å². The van der Waals surface area contributed by atoms with Crippen LogP contribution < -0.4 is 10.6 Å². The zero-order valence-electron chi connectivity index (χ0n) is 11.4. The molecule has 0 radical (unpaired) electrons. The number of piperidine rings is 1. The van der Waals surface area contributed by atoms with E-state index in [0.29, 0.717) is 0 Å². The van der Waals surface area contributed by atoms with E-state index in [1.54, 1.807) is 18.5 Å². The van der Waals surface area contributed by atoms with Crippen LogP contribution in [0.5, 0.6) is 0 Å². The van der Waals surface area contributed by atoms with Gasteiger partial charge in [0.2, 0.25) is 0 Å². The van der Waals surface area contributed by atoms with Gasteiger partial charge in [-0.1, -0.05) is 6.08 Å². The van der Waals surface area contributed by atoms with Gasteiger partial charge < -0.3 is 10.6 Å². The van der Waals surface area contributed by atoms with E-state index in [0.717, 1.165) is 37.4 Å². The number of hydrogen-bond acceptors (Lipinski definition) is 5. The summed E-state index contributed by atoms with van der Waals surface area (Å²) in [5, 5.41) is 8.84. The van der Waals surface area contributed by atoms with E-state index in [1.165, 1.54) is 0 Å². The lowest BCUT2D eigenvalue weighted by molar-refractivity contribution is -0.114. The second-order valence-electron chi connectivity index (χ2n) is 4.90. The first-order chi connectivity index (χ1) is 9.60. The molecule has 104 valence electrons. The summed E-state index contributed by atoms with van der Waals surface area (Å²) in [6, 6.07) is 1.85. The molecule has 1 amide bonds. The molecular weight excluding hydrogens is 254 g/mol. The maximum absolute atomic E-state index is 11.0. The maximum atomic E-state index is 11.0. The Morgan fingerprint density at radius 3 is 2.75 bits per heavy atom. The van der Waals surface area contributed by atoms with Gasteiger partial charge >= 0.3 is 0 Å². The zero-order valence-corrected chi connectivity index (χ0v) is 11.4. The van der Waals surface area contributed by atoms with Crippen molar-refractivity contribution in [1.82, 2.24) is 9.97 Å². The Kier molecular flexibility index (Phi) is 4.31. The number of hydrogen-bond donors (Lipinski definition) is 1. The van der Waals surface area contributed by atoms with Gasteiger partial charge in [0.15, 0.2) is 0 Å². The van der Waals surface area contributed by atoms with E-state index in [1.807, 2.05) is 13.0 Å². The number of aryl methyl sites for hydroxylation is 1. The maximum Gasteiger partial charge on any atom is 0.259 e. The van der Waals surface area contributed by atoms with Crippen LogP contribution in [0.2, 0.25) is 0 Å². The van der Waals surface area contributed by atoms with Gasteiger partial charge in [-0.15, -0.1) is 0 Å². The monoisotopic (exact) mass is 271 g/mol. The Hall–Kier alpha value is -2.42. The second-order valence-corrected chi connectivity index (χ2v) is 4.90. The van der Waals surface area contributed by atoms with Gasteiger partial charge in [-0.05, 0) is 25.7 Å². The smallest absolute Gasteiger partial charge is 0.259 e. The van der Waals surface area contributed by atoms with Crippen LogP contribution in [0.3, 0.4) is 0 Å². The topological polar surface area (TPSA) is 95.9 Å². The van der Waals surface area contributed by atoms with E-state index >= 15 is 0 Å². The van der Waals surface area contributed by atoms with Crippen molar-refractivity contribution in [3.63, 3.8) is 0 Å². The average Bonchev–Trinajstić information content (AvgIpc) is 2.45. The van der Waals surface area contributed by atoms with E-state index < -0.39 is 5.91 Å². The molecule has 0 saturated carbocycles. The molecule has 0 unspecified atom stereocenters. The SMILES string of the molecule is Cc1cncc(N2CCC(/C=C(\C#N)C(N)=O)CC2)n1. The third kappa shape index (κ3) is 3.32. The fraction of sp³-hybridized carbons (Fsp3) is 0.429. The molecule has 0 atom stereocenters. The second kappa shape index (κ2) is 6.15. The fourth-order valence-electron chi connectivity index (χ4n) is 2.31. The fourth-order valence-corrected chi connectivity index (χ4v) is 2.31. The van der Waals surface area contributed by atoms with Crippen molar-refractivity contribution in [2.24, 2.45) is 11.7 Å². The Bertz CT molecular complexity index is 567. The summed E-state index contributed by atoms with van der Waals surface area (Å²) in [6.45, 7) is 3.57. The summed E-state index contributed by atoms with van der Waals surface area (Å²) in [6.07, 6.45) is 6.92. The number of anilines is 1. The van der Waals surface area contributed by atoms with Gasteiger partial charge in [0, 0.05) is 19.3 Å². The third-order valence-corrected chi connectivity index (χ3v) is 3.39. The standard InChI is InChI=1S/C14H17N5O/c1-10-8-17-9-13(18-10)19-4-2-11(3-5-19)6-12(7-15)14(16)20/h6,8-9,11H,2-5H2,1H3,(H2,16,20)/b12-6+. The Balaban J connectivity index is 1.99. The van der Waals surface area contributed by atoms with E-state index in [2.05, 4.69) is 14.9 Å². The van der Waals surface area contributed by atoms with E-state index in [-0.39, 0.29) is 11.5 Å². The summed E-state index contributed by atoms with van der Waals surface area (Å²) >= 11 is 0. The molecule has 1 aromatic heterocycles. The average molecular weight is 271 g/mol. The van der Waals surface area contributed by atoms with Crippen LogP contribution in [0, 0.1) is 24.2 Å². The van der Waals surface area contributed by atoms with Gasteiger partial charge in [0.05, 0.1) is 11.9 Å². The van der Waals surface area contributed by atoms with Crippen molar-refractivity contribution in [3.05, 3.63) is 29.7 Å². The first-order valence-electron chi connectivity index (χ1n) is 6.55. The summed E-state index contributed by atoms with van der Waals surface area (Å²) in [7, 11) is 0. The number of rotatable bonds is 3. The van der Waals surface area contributed by atoms with Crippen molar-refractivity contribution in [2.75, 3.05) is 18.0 Å². The van der Waals surface area contributed by atoms with Crippen LogP contribution in [0.1, 0.15) is 18.5 Å². The highest BCUT2D eigenvalue weighted by Gasteiger charge is 2.20. The Morgan fingerprint density at radius 2 is 2.20 bits per heavy atom. The largest absolute Gasteiger partial charge is 0.365 e. The molecule has 1 aromatic rings. The van der Waals surface area contributed by atoms with Gasteiger partial charge in [-0.3, -0.25) is 9.78 Å². The molecule has 1 aliphatic heterocycles. The number of nitriles is 1. The van der Waals surface area contributed by atoms with Crippen LogP contribution in [0.25, 0.3) is 0 Å². The molecule has 2 rings (SSSR count). The molecule has 1 saturated heterocycles. The number of allylic oxidation sites excluding steroid dienone is 1. The summed E-state index contributed by atoms with van der Waals surface area (Å²) in [4.78, 5) is 21.8. The minimum atomic E-state index is -0.653. The highest BCUT2D eigenvalue weighted by molar-refractivity contribution is 5.95. The molecule has 2 heterocycles. The molecule has 0 aromatic carbocycles. The van der Waals surface area contributed by atoms with Crippen molar-refractivity contribution >= 4 is 11.7 Å². The minimum absolute atomic E-state index is 0.0544. The summed E-state index contributed by atoms with van der Waals surface area (Å²) in [5.41, 5.74) is 6.09. The van der Waals surface area contributed by atoms with Crippen molar-refractivity contribution in [2.45, 2.75) is 19.8 Å². The van der Waals surface area contributed by atoms with Crippen molar-refractivity contribution in [3.8, 4) is 6.07 Å². The molecular formula is C14H17N5O. The Morgan fingerprint density at radius 1 is 1.50 bits per heavy atom. The Labute approximate surface area is 117 Å². The van der Waals surface area contributed by atoms with Gasteiger partial charge in [0.1, 0.15) is 17.5 Å². The van der Waals surface area contributed by atoms with Crippen LogP contribution >= 0.6 is 0 Å². The highest BCUT2D eigenvalue weighted by Crippen LogP contribution is 2.23. The summed E-state index contributed by atoms with van der Waals surface area (Å²) < 4.78 is 0. The van der Waals surface area contributed by atoms with Crippen molar-refractivity contribution < 1.29 is 4.79 Å². The molecule has 6 heteroatoms. The first kappa shape index (κ1) is 14.0. The zero-order chi connectivity index (χ0) is 14.5. The molecule has 0 bridgehead atoms. The van der Waals surface area contributed by atoms with Crippen molar-refractivity contribution in [1.29, 1.82) is 5.26 Å². The van der Waals surface area contributed by atoms with Crippen LogP contribution in [0.15, 0.2) is 24.0 Å². The molecule has 0 aliphatic carbocycles. The predicted molar refractivity (Wildman–Crippen MR) is 74.6 cm³/mol. The predicted octanol–water partition coefficient (Wildman–Crippen LogP) is 0.937. The quantitative estimate of drug-likeness (QED) is 0.652. The highest BCUT2D eigenvalue weighted by atomic mass is 16.1. The van der Waals surface area contributed by atoms with Gasteiger partial charge in [-0.2, -0.15) is 5.26 Å². The molecule has 2 N–H and O–H groups in total. The molecule has 6 nitrogen and oxygen atoms in total. The number of nitrogens with two attached hydrogens (primary N) is 1. The molecule has 20 heavy (non-hydrogen) atoms. The first-order valence-corrected chi connectivity index (χ1v) is 6.55. The number of nitrogens with zero attached hydrogens (tertiary/aromatic N) is 4. The number of aromatic nitrogens is 2. The number of amides is 1. The van der Waals surface area contributed by atoms with Gasteiger partial charge in [0.25, 0.3) is 5.91 Å². The number of carbonyl (C=O) groups is 1. The van der Waals surface area contributed by atoms with Gasteiger partial charge in [-0.25, -0.2) is 4.98 Å². The van der Waals surface area contributed by atoms with E-state index in [4.69, 9.17) is 11.0 Å². The minimum Gasteiger partial charge on any atom is -0.365 e. The molecule has 1 fully saturated rings.